The zero-order chi connectivity index (χ0) is 28.9. The first-order chi connectivity index (χ1) is 19.0. The molecule has 0 unspecified atom stereocenters. The highest BCUT2D eigenvalue weighted by atomic mass is 16.3. The van der Waals surface area contributed by atoms with E-state index in [0.29, 0.717) is 22.3 Å². The molecule has 5 aromatic carbocycles. The van der Waals surface area contributed by atoms with Crippen molar-refractivity contribution < 1.29 is 10.2 Å². The third-order valence-electron chi connectivity index (χ3n) is 8.37. The molecule has 0 spiro atoms. The molecule has 5 rings (SSSR count). The lowest BCUT2D eigenvalue weighted by molar-refractivity contribution is 0.466. The normalized spacial score (nSPS) is 11.2. The molecule has 2 nitrogen and oxygen atoms in total. The van der Waals surface area contributed by atoms with E-state index in [1.165, 1.54) is 0 Å². The summed E-state index contributed by atoms with van der Waals surface area (Å²) in [5, 5.41) is 25.3. The van der Waals surface area contributed by atoms with E-state index in [2.05, 4.69) is 104 Å². The van der Waals surface area contributed by atoms with E-state index < -0.39 is 0 Å². The van der Waals surface area contributed by atoms with Crippen LogP contribution in [0.15, 0.2) is 72.8 Å². The molecule has 0 aliphatic heterocycles. The molecule has 0 saturated carbocycles. The molecule has 0 heterocycles. The van der Waals surface area contributed by atoms with Gasteiger partial charge in [0.1, 0.15) is 11.5 Å². The van der Waals surface area contributed by atoms with E-state index >= 15 is 0 Å². The molecule has 0 aliphatic rings. The Labute approximate surface area is 238 Å². The molecule has 0 saturated heterocycles. The van der Waals surface area contributed by atoms with Crippen LogP contribution in [0, 0.1) is 55.4 Å². The van der Waals surface area contributed by atoms with Gasteiger partial charge in [0, 0.05) is 22.3 Å². The quantitative estimate of drug-likeness (QED) is 0.229. The number of phenols is 2. The summed E-state index contributed by atoms with van der Waals surface area (Å²) >= 11 is 0. The molecule has 0 amide bonds. The Kier molecular flexibility index (Phi) is 7.06. The number of rotatable bonds is 4. The van der Waals surface area contributed by atoms with Crippen molar-refractivity contribution in [2.24, 2.45) is 0 Å². The number of benzene rings is 5. The molecule has 40 heavy (non-hydrogen) atoms. The minimum atomic E-state index is 0.197. The summed E-state index contributed by atoms with van der Waals surface area (Å²) in [7, 11) is 0. The highest BCUT2D eigenvalue weighted by Gasteiger charge is 2.31. The van der Waals surface area contributed by atoms with Crippen LogP contribution in [0.4, 0.5) is 0 Å². The van der Waals surface area contributed by atoms with Crippen LogP contribution in [0.1, 0.15) is 44.5 Å². The summed E-state index contributed by atoms with van der Waals surface area (Å²) in [6.07, 6.45) is 0. The molecule has 202 valence electrons. The fraction of sp³-hybridized carbons (Fsp3) is 0.211. The number of aryl methyl sites for hydroxylation is 8. The predicted molar refractivity (Wildman–Crippen MR) is 169 cm³/mol. The van der Waals surface area contributed by atoms with Gasteiger partial charge in [-0.1, -0.05) is 72.8 Å². The summed E-state index contributed by atoms with van der Waals surface area (Å²) in [6.45, 7) is 16.6. The third kappa shape index (κ3) is 4.29. The second-order valence-corrected chi connectivity index (χ2v) is 11.3. The third-order valence-corrected chi connectivity index (χ3v) is 8.37. The maximum atomic E-state index is 12.7. The Morgan fingerprint density at radius 3 is 0.575 bits per heavy atom. The van der Waals surface area contributed by atoms with Crippen LogP contribution in [0.3, 0.4) is 0 Å². The number of hydrogen-bond donors (Lipinski definition) is 2. The maximum Gasteiger partial charge on any atom is 0.132 e. The summed E-state index contributed by atoms with van der Waals surface area (Å²) in [5.41, 5.74) is 14.9. The van der Waals surface area contributed by atoms with Gasteiger partial charge < -0.3 is 10.2 Å². The first-order valence-corrected chi connectivity index (χ1v) is 13.9. The molecule has 2 N–H and O–H groups in total. The molecule has 0 fully saturated rings. The first-order valence-electron chi connectivity index (χ1n) is 13.9. The Morgan fingerprint density at radius 2 is 0.425 bits per heavy atom. The van der Waals surface area contributed by atoms with E-state index in [9.17, 15) is 10.2 Å². The zero-order valence-corrected chi connectivity index (χ0v) is 24.8. The van der Waals surface area contributed by atoms with E-state index in [1.807, 2.05) is 24.3 Å². The number of phenolic OH excluding ortho intramolecular Hbond substituents is 2. The molecule has 0 bridgehead atoms. The Balaban J connectivity index is 2.15. The van der Waals surface area contributed by atoms with Crippen molar-refractivity contribution in [1.82, 2.24) is 0 Å². The highest BCUT2D eigenvalue weighted by Crippen LogP contribution is 2.58. The summed E-state index contributed by atoms with van der Waals surface area (Å²) < 4.78 is 0. The standard InChI is InChI=1S/C38H38O2/c1-21-13-9-14-22(2)29(21)33-34(30-23(3)15-10-16-24(30)4)38(40)36(32-27(7)19-12-20-28(32)8)35(37(33)39)31-25(5)17-11-18-26(31)6/h9-20,39-40H,1-8H3. The van der Waals surface area contributed by atoms with Gasteiger partial charge in [-0.2, -0.15) is 0 Å². The van der Waals surface area contributed by atoms with Crippen LogP contribution in [0.25, 0.3) is 44.5 Å². The fourth-order valence-corrected chi connectivity index (χ4v) is 6.53. The van der Waals surface area contributed by atoms with Crippen LogP contribution >= 0.6 is 0 Å². The molecule has 2 heteroatoms. The first kappa shape index (κ1) is 27.3. The van der Waals surface area contributed by atoms with E-state index in [1.54, 1.807) is 0 Å². The van der Waals surface area contributed by atoms with Crippen LogP contribution in [0.2, 0.25) is 0 Å². The van der Waals surface area contributed by atoms with Gasteiger partial charge in [-0.05, 0) is 122 Å². The van der Waals surface area contributed by atoms with Gasteiger partial charge in [0.05, 0.1) is 0 Å². The average molecular weight is 527 g/mol. The molecule has 5 aromatic rings. The highest BCUT2D eigenvalue weighted by molar-refractivity contribution is 6.08. The lowest BCUT2D eigenvalue weighted by Crippen LogP contribution is -2.02. The number of hydrogen-bond acceptors (Lipinski definition) is 2. The molecular formula is C38H38O2. The van der Waals surface area contributed by atoms with Crippen molar-refractivity contribution in [3.05, 3.63) is 117 Å². The van der Waals surface area contributed by atoms with Crippen molar-refractivity contribution in [3.63, 3.8) is 0 Å². The molecule has 0 atom stereocenters. The van der Waals surface area contributed by atoms with Gasteiger partial charge in [0.2, 0.25) is 0 Å². The summed E-state index contributed by atoms with van der Waals surface area (Å²) in [5.74, 6) is 0.394. The predicted octanol–water partition coefficient (Wildman–Crippen LogP) is 10.2. The second kappa shape index (κ2) is 10.4. The van der Waals surface area contributed by atoms with Crippen LogP contribution in [-0.4, -0.2) is 10.2 Å². The van der Waals surface area contributed by atoms with Crippen molar-refractivity contribution in [3.8, 4) is 56.0 Å². The van der Waals surface area contributed by atoms with Gasteiger partial charge in [0.15, 0.2) is 0 Å². The van der Waals surface area contributed by atoms with E-state index in [-0.39, 0.29) is 11.5 Å². The van der Waals surface area contributed by atoms with Gasteiger partial charge in [-0.25, -0.2) is 0 Å². The van der Waals surface area contributed by atoms with Crippen molar-refractivity contribution in [2.75, 3.05) is 0 Å². The minimum absolute atomic E-state index is 0.197. The molecule has 0 aromatic heterocycles. The fourth-order valence-electron chi connectivity index (χ4n) is 6.53. The van der Waals surface area contributed by atoms with Crippen molar-refractivity contribution in [2.45, 2.75) is 55.4 Å². The Hall–Kier alpha value is -4.30. The Morgan fingerprint density at radius 1 is 0.275 bits per heavy atom. The van der Waals surface area contributed by atoms with Gasteiger partial charge in [0.25, 0.3) is 0 Å². The SMILES string of the molecule is Cc1cccc(C)c1-c1c(O)c(-c2c(C)cccc2C)c(-c2c(C)cccc2C)c(O)c1-c1c(C)cccc1C. The van der Waals surface area contributed by atoms with Crippen LogP contribution in [-0.2, 0) is 0 Å². The van der Waals surface area contributed by atoms with Gasteiger partial charge in [-0.3, -0.25) is 0 Å². The van der Waals surface area contributed by atoms with Crippen LogP contribution in [0.5, 0.6) is 11.5 Å². The summed E-state index contributed by atoms with van der Waals surface area (Å²) in [4.78, 5) is 0. The second-order valence-electron chi connectivity index (χ2n) is 11.3. The smallest absolute Gasteiger partial charge is 0.132 e. The number of aromatic hydroxyl groups is 2. The molecule has 0 aliphatic carbocycles. The van der Waals surface area contributed by atoms with Crippen molar-refractivity contribution in [1.29, 1.82) is 0 Å². The topological polar surface area (TPSA) is 40.5 Å². The maximum absolute atomic E-state index is 12.7. The lowest BCUT2D eigenvalue weighted by atomic mass is 9.77. The molecule has 0 radical (unpaired) electrons. The monoisotopic (exact) mass is 526 g/mol. The van der Waals surface area contributed by atoms with Gasteiger partial charge >= 0.3 is 0 Å². The lowest BCUT2D eigenvalue weighted by Gasteiger charge is -2.27. The Bertz CT molecular complexity index is 1450. The summed E-state index contributed by atoms with van der Waals surface area (Å²) in [6, 6.07) is 24.8. The average Bonchev–Trinajstić information content (AvgIpc) is 2.88. The zero-order valence-electron chi connectivity index (χ0n) is 24.8. The molecular weight excluding hydrogens is 488 g/mol. The van der Waals surface area contributed by atoms with Gasteiger partial charge in [-0.15, -0.1) is 0 Å². The van der Waals surface area contributed by atoms with E-state index in [0.717, 1.165) is 66.8 Å². The minimum Gasteiger partial charge on any atom is -0.507 e. The van der Waals surface area contributed by atoms with Crippen molar-refractivity contribution >= 4 is 0 Å². The van der Waals surface area contributed by atoms with Crippen LogP contribution < -0.4 is 0 Å². The largest absolute Gasteiger partial charge is 0.507 e. The van der Waals surface area contributed by atoms with E-state index in [4.69, 9.17) is 0 Å².